The normalized spacial score (nSPS) is 11.7. The van der Waals surface area contributed by atoms with Crippen LogP contribution in [0.5, 0.6) is 0 Å². The third kappa shape index (κ3) is 3.07. The minimum Gasteiger partial charge on any atom is -0.340 e. The lowest BCUT2D eigenvalue weighted by molar-refractivity contribution is 0.0785. The molecule has 1 amide bonds. The molecule has 102 valence electrons. The maximum atomic E-state index is 12.3. The maximum Gasteiger partial charge on any atom is 0.253 e. The largest absolute Gasteiger partial charge is 0.340 e. The van der Waals surface area contributed by atoms with E-state index in [2.05, 4.69) is 6.07 Å². The number of hydrogen-bond acceptors (Lipinski definition) is 2. The third-order valence-electron chi connectivity index (χ3n) is 3.11. The van der Waals surface area contributed by atoms with Crippen molar-refractivity contribution in [3.63, 3.8) is 0 Å². The first-order chi connectivity index (χ1) is 9.61. The lowest BCUT2D eigenvalue weighted by atomic mass is 10.1. The highest BCUT2D eigenvalue weighted by atomic mass is 16.2. The summed E-state index contributed by atoms with van der Waals surface area (Å²) < 4.78 is 1.95. The molecule has 0 bridgehead atoms. The molecule has 0 aliphatic rings. The molecule has 2 rings (SSSR count). The van der Waals surface area contributed by atoms with Crippen LogP contribution in [0.15, 0.2) is 48.8 Å². The zero-order valence-electron chi connectivity index (χ0n) is 11.7. The van der Waals surface area contributed by atoms with Crippen LogP contribution in [-0.2, 0) is 0 Å². The van der Waals surface area contributed by atoms with Crippen molar-refractivity contribution in [2.24, 2.45) is 5.92 Å². The van der Waals surface area contributed by atoms with Gasteiger partial charge in [0, 0.05) is 37.2 Å². The first-order valence-corrected chi connectivity index (χ1v) is 6.50. The number of amides is 1. The molecule has 0 saturated heterocycles. The summed E-state index contributed by atoms with van der Waals surface area (Å²) in [6, 6.07) is 13.5. The van der Waals surface area contributed by atoms with Crippen molar-refractivity contribution in [2.45, 2.75) is 6.92 Å². The second kappa shape index (κ2) is 6.07. The molecule has 0 radical (unpaired) electrons. The Morgan fingerprint density at radius 3 is 2.70 bits per heavy atom. The van der Waals surface area contributed by atoms with Crippen LogP contribution in [0.1, 0.15) is 17.3 Å². The first-order valence-electron chi connectivity index (χ1n) is 6.50. The Kier molecular flexibility index (Phi) is 4.21. The molecule has 4 heteroatoms. The van der Waals surface area contributed by atoms with Gasteiger partial charge in [0.1, 0.15) is 0 Å². The van der Waals surface area contributed by atoms with E-state index in [1.54, 1.807) is 24.9 Å². The summed E-state index contributed by atoms with van der Waals surface area (Å²) in [5, 5.41) is 8.81. The monoisotopic (exact) mass is 267 g/mol. The molecule has 20 heavy (non-hydrogen) atoms. The van der Waals surface area contributed by atoms with Crippen molar-refractivity contribution >= 4 is 5.91 Å². The zero-order valence-corrected chi connectivity index (χ0v) is 11.7. The van der Waals surface area contributed by atoms with Gasteiger partial charge >= 0.3 is 0 Å². The Labute approximate surface area is 118 Å². The molecule has 1 atom stereocenters. The molecule has 0 unspecified atom stereocenters. The molecule has 0 aliphatic carbocycles. The molecular weight excluding hydrogens is 250 g/mol. The van der Waals surface area contributed by atoms with Gasteiger partial charge in [-0.1, -0.05) is 6.07 Å². The van der Waals surface area contributed by atoms with Crippen molar-refractivity contribution in [1.82, 2.24) is 9.47 Å². The predicted molar refractivity (Wildman–Crippen MR) is 77.5 cm³/mol. The molecule has 4 nitrogen and oxygen atoms in total. The zero-order chi connectivity index (χ0) is 14.5. The van der Waals surface area contributed by atoms with Gasteiger partial charge in [0.2, 0.25) is 0 Å². The Balaban J connectivity index is 2.19. The smallest absolute Gasteiger partial charge is 0.253 e. The lowest BCUT2D eigenvalue weighted by Crippen LogP contribution is -2.30. The molecule has 0 fully saturated rings. The SMILES string of the molecule is C[C@@H](C#N)CN(C)C(=O)c1cccc(-n2cccc2)c1. The highest BCUT2D eigenvalue weighted by Gasteiger charge is 2.14. The van der Waals surface area contributed by atoms with Gasteiger partial charge in [-0.05, 0) is 37.3 Å². The van der Waals surface area contributed by atoms with E-state index < -0.39 is 0 Å². The number of carbonyl (C=O) groups excluding carboxylic acids is 1. The minimum absolute atomic E-state index is 0.0684. The fourth-order valence-corrected chi connectivity index (χ4v) is 2.06. The topological polar surface area (TPSA) is 49.0 Å². The molecular formula is C16H17N3O. The Morgan fingerprint density at radius 2 is 2.05 bits per heavy atom. The number of aromatic nitrogens is 1. The van der Waals surface area contributed by atoms with Gasteiger partial charge in [0.15, 0.2) is 0 Å². The van der Waals surface area contributed by atoms with Gasteiger partial charge in [0.25, 0.3) is 5.91 Å². The van der Waals surface area contributed by atoms with E-state index in [-0.39, 0.29) is 11.8 Å². The van der Waals surface area contributed by atoms with Gasteiger partial charge < -0.3 is 9.47 Å². The number of hydrogen-bond donors (Lipinski definition) is 0. The van der Waals surface area contributed by atoms with Crippen LogP contribution in [-0.4, -0.2) is 29.0 Å². The lowest BCUT2D eigenvalue weighted by Gasteiger charge is -2.18. The van der Waals surface area contributed by atoms with Crippen molar-refractivity contribution < 1.29 is 4.79 Å². The Morgan fingerprint density at radius 1 is 1.35 bits per heavy atom. The maximum absolute atomic E-state index is 12.3. The minimum atomic E-state index is -0.170. The van der Waals surface area contributed by atoms with Crippen LogP contribution in [0.3, 0.4) is 0 Å². The molecule has 0 spiro atoms. The summed E-state index contributed by atoms with van der Waals surface area (Å²) in [7, 11) is 1.72. The van der Waals surface area contributed by atoms with Crippen LogP contribution >= 0.6 is 0 Å². The highest BCUT2D eigenvalue weighted by molar-refractivity contribution is 5.94. The molecule has 1 aromatic carbocycles. The number of nitriles is 1. The van der Waals surface area contributed by atoms with Crippen molar-refractivity contribution in [3.8, 4) is 11.8 Å². The van der Waals surface area contributed by atoms with Gasteiger partial charge in [0.05, 0.1) is 12.0 Å². The van der Waals surface area contributed by atoms with Gasteiger partial charge in [-0.15, -0.1) is 0 Å². The van der Waals surface area contributed by atoms with E-state index in [1.165, 1.54) is 0 Å². The first kappa shape index (κ1) is 13.9. The third-order valence-corrected chi connectivity index (χ3v) is 3.11. The Bertz CT molecular complexity index is 625. The quantitative estimate of drug-likeness (QED) is 0.855. The van der Waals surface area contributed by atoms with Crippen molar-refractivity contribution in [1.29, 1.82) is 5.26 Å². The van der Waals surface area contributed by atoms with E-state index in [9.17, 15) is 4.79 Å². The number of rotatable bonds is 4. The van der Waals surface area contributed by atoms with Crippen molar-refractivity contribution in [2.75, 3.05) is 13.6 Å². The van der Waals surface area contributed by atoms with Gasteiger partial charge in [-0.3, -0.25) is 4.79 Å². The summed E-state index contributed by atoms with van der Waals surface area (Å²) in [6.45, 7) is 2.24. The van der Waals surface area contributed by atoms with E-state index in [4.69, 9.17) is 5.26 Å². The van der Waals surface area contributed by atoms with Crippen LogP contribution in [0.25, 0.3) is 5.69 Å². The molecule has 1 heterocycles. The van der Waals surface area contributed by atoms with Crippen LogP contribution in [0.2, 0.25) is 0 Å². The summed E-state index contributed by atoms with van der Waals surface area (Å²) in [6.07, 6.45) is 3.87. The molecule has 0 N–H and O–H groups in total. The molecule has 0 saturated carbocycles. The number of nitrogens with zero attached hydrogens (tertiary/aromatic N) is 3. The van der Waals surface area contributed by atoms with Gasteiger partial charge in [-0.2, -0.15) is 5.26 Å². The Hall–Kier alpha value is -2.54. The second-order valence-corrected chi connectivity index (χ2v) is 4.86. The molecule has 0 aliphatic heterocycles. The summed E-state index contributed by atoms with van der Waals surface area (Å²) in [4.78, 5) is 13.9. The average Bonchev–Trinajstić information content (AvgIpc) is 3.00. The second-order valence-electron chi connectivity index (χ2n) is 4.86. The highest BCUT2D eigenvalue weighted by Crippen LogP contribution is 2.13. The summed E-state index contributed by atoms with van der Waals surface area (Å²) in [5.41, 5.74) is 1.58. The van der Waals surface area contributed by atoms with Gasteiger partial charge in [-0.25, -0.2) is 0 Å². The average molecular weight is 267 g/mol. The summed E-state index contributed by atoms with van der Waals surface area (Å²) in [5.74, 6) is -0.238. The molecule has 2 aromatic rings. The number of benzene rings is 1. The fourth-order valence-electron chi connectivity index (χ4n) is 2.06. The standard InChI is InChI=1S/C16H17N3O/c1-13(11-17)12-18(2)16(20)14-6-5-7-15(10-14)19-8-3-4-9-19/h3-10,13H,12H2,1-2H3/t13-/m0/s1. The van der Waals surface area contributed by atoms with Crippen LogP contribution in [0, 0.1) is 17.2 Å². The summed E-state index contributed by atoms with van der Waals surface area (Å²) >= 11 is 0. The molecule has 1 aromatic heterocycles. The van der Waals surface area contributed by atoms with Crippen LogP contribution < -0.4 is 0 Å². The fraction of sp³-hybridized carbons (Fsp3) is 0.250. The van der Waals surface area contributed by atoms with E-state index in [0.29, 0.717) is 12.1 Å². The van der Waals surface area contributed by atoms with Crippen LogP contribution in [0.4, 0.5) is 0 Å². The van der Waals surface area contributed by atoms with E-state index in [1.807, 2.05) is 47.3 Å². The van der Waals surface area contributed by atoms with E-state index in [0.717, 1.165) is 5.69 Å². The number of carbonyl (C=O) groups is 1. The van der Waals surface area contributed by atoms with Crippen molar-refractivity contribution in [3.05, 3.63) is 54.4 Å². The van der Waals surface area contributed by atoms with E-state index >= 15 is 0 Å². The predicted octanol–water partition coefficient (Wildman–Crippen LogP) is 2.71.